The van der Waals surface area contributed by atoms with E-state index >= 15 is 0 Å². The number of benzene rings is 1. The van der Waals surface area contributed by atoms with Crippen molar-refractivity contribution in [2.24, 2.45) is 0 Å². The standard InChI is InChI=1S/C16H20N2O9S/c19-7-1-2-8-27-10-3-5-11(6-4-10)28(25,26)18-9-12(20)14(21)15(22)13(18)16(23)17-24/h3-6,12-15,19-22,24H,7-9H2,(H,17,23)/t12-,13+,14-,15-/m0/s1. The topological polar surface area (TPSA) is 177 Å². The highest BCUT2D eigenvalue weighted by Gasteiger charge is 2.50. The minimum Gasteiger partial charge on any atom is -0.481 e. The van der Waals surface area contributed by atoms with Crippen LogP contribution in [0.15, 0.2) is 29.2 Å². The predicted molar refractivity (Wildman–Crippen MR) is 92.4 cm³/mol. The zero-order valence-electron chi connectivity index (χ0n) is 14.5. The molecule has 4 atom stereocenters. The quantitative estimate of drug-likeness (QED) is 0.166. The van der Waals surface area contributed by atoms with Gasteiger partial charge >= 0.3 is 0 Å². The molecule has 1 aliphatic rings. The fraction of sp³-hybridized carbons (Fsp3) is 0.438. The molecule has 11 nitrogen and oxygen atoms in total. The number of nitrogens with one attached hydrogen (secondary N) is 1. The first-order chi connectivity index (χ1) is 13.2. The van der Waals surface area contributed by atoms with E-state index in [1.807, 2.05) is 0 Å². The first kappa shape index (κ1) is 22.1. The van der Waals surface area contributed by atoms with E-state index in [2.05, 4.69) is 11.8 Å². The number of carbonyl (C=O) groups excluding carboxylic acids is 1. The number of hydrogen-bond acceptors (Lipinski definition) is 9. The van der Waals surface area contributed by atoms with Crippen molar-refractivity contribution in [2.45, 2.75) is 29.2 Å². The Hall–Kier alpha value is -2.24. The van der Waals surface area contributed by atoms with Crippen molar-refractivity contribution in [3.63, 3.8) is 0 Å². The number of piperidine rings is 1. The molecule has 2 rings (SSSR count). The first-order valence-corrected chi connectivity index (χ1v) is 9.47. The van der Waals surface area contributed by atoms with Gasteiger partial charge in [0.05, 0.1) is 11.0 Å². The SMILES string of the molecule is O=C(NO)[C@H]1[C@H](O)[C@@H](O)[C@@H](O)CN1S(=O)(=O)c1ccc(OCC#CCO)cc1. The molecule has 0 saturated carbocycles. The molecule has 6 N–H and O–H groups in total. The monoisotopic (exact) mass is 416 g/mol. The zero-order chi connectivity index (χ0) is 20.9. The van der Waals surface area contributed by atoms with Gasteiger partial charge in [-0.3, -0.25) is 10.0 Å². The summed E-state index contributed by atoms with van der Waals surface area (Å²) >= 11 is 0. The van der Waals surface area contributed by atoms with Gasteiger partial charge in [-0.2, -0.15) is 4.31 Å². The Balaban J connectivity index is 2.29. The molecule has 0 bridgehead atoms. The maximum Gasteiger partial charge on any atom is 0.264 e. The van der Waals surface area contributed by atoms with Crippen LogP contribution >= 0.6 is 0 Å². The van der Waals surface area contributed by atoms with Crippen LogP contribution in [0.3, 0.4) is 0 Å². The second kappa shape index (κ2) is 9.30. The lowest BCUT2D eigenvalue weighted by atomic mass is 9.96. The summed E-state index contributed by atoms with van der Waals surface area (Å²) in [4.78, 5) is 11.6. The Labute approximate surface area is 160 Å². The summed E-state index contributed by atoms with van der Waals surface area (Å²) in [5.41, 5.74) is 1.25. The van der Waals surface area contributed by atoms with Crippen molar-refractivity contribution in [1.29, 1.82) is 0 Å². The van der Waals surface area contributed by atoms with Gasteiger partial charge in [-0.05, 0) is 24.3 Å². The van der Waals surface area contributed by atoms with Crippen LogP contribution in [0.25, 0.3) is 0 Å². The normalized spacial score (nSPS) is 25.5. The summed E-state index contributed by atoms with van der Waals surface area (Å²) in [5.74, 6) is 3.94. The molecule has 0 aliphatic carbocycles. The van der Waals surface area contributed by atoms with Gasteiger partial charge in [0, 0.05) is 6.54 Å². The van der Waals surface area contributed by atoms with Gasteiger partial charge in [-0.25, -0.2) is 13.9 Å². The van der Waals surface area contributed by atoms with E-state index in [1.54, 1.807) is 0 Å². The number of hydroxylamine groups is 1. The molecule has 28 heavy (non-hydrogen) atoms. The van der Waals surface area contributed by atoms with Gasteiger partial charge < -0.3 is 25.2 Å². The molecule has 1 aromatic rings. The van der Waals surface area contributed by atoms with E-state index in [0.717, 1.165) is 0 Å². The third-order valence-electron chi connectivity index (χ3n) is 4.07. The number of rotatable bonds is 5. The highest BCUT2D eigenvalue weighted by molar-refractivity contribution is 7.89. The lowest BCUT2D eigenvalue weighted by molar-refractivity contribution is -0.154. The molecule has 0 spiro atoms. The van der Waals surface area contributed by atoms with Crippen molar-refractivity contribution < 1.29 is 43.6 Å². The molecule has 0 aromatic heterocycles. The number of sulfonamides is 1. The van der Waals surface area contributed by atoms with Crippen molar-refractivity contribution in [3.05, 3.63) is 24.3 Å². The number of aliphatic hydroxyl groups is 4. The van der Waals surface area contributed by atoms with Gasteiger partial charge in [0.15, 0.2) is 0 Å². The van der Waals surface area contributed by atoms with E-state index in [-0.39, 0.29) is 18.1 Å². The molecule has 154 valence electrons. The Bertz CT molecular complexity index is 847. The zero-order valence-corrected chi connectivity index (χ0v) is 15.3. The average Bonchev–Trinajstić information content (AvgIpc) is 2.69. The molecule has 1 aliphatic heterocycles. The average molecular weight is 416 g/mol. The van der Waals surface area contributed by atoms with E-state index < -0.39 is 46.8 Å². The summed E-state index contributed by atoms with van der Waals surface area (Å²) in [6.07, 6.45) is -5.37. The number of ether oxygens (including phenoxy) is 1. The van der Waals surface area contributed by atoms with E-state index in [4.69, 9.17) is 15.1 Å². The van der Waals surface area contributed by atoms with Crippen LogP contribution in [-0.4, -0.2) is 88.4 Å². The number of aliphatic hydroxyl groups excluding tert-OH is 4. The summed E-state index contributed by atoms with van der Waals surface area (Å²) in [7, 11) is -4.39. The molecule has 1 saturated heterocycles. The van der Waals surface area contributed by atoms with Crippen LogP contribution in [0.1, 0.15) is 0 Å². The van der Waals surface area contributed by atoms with Crippen molar-refractivity contribution in [1.82, 2.24) is 9.79 Å². The molecule has 0 unspecified atom stereocenters. The molecule has 1 fully saturated rings. The third-order valence-corrected chi connectivity index (χ3v) is 5.93. The summed E-state index contributed by atoms with van der Waals surface area (Å²) in [6.45, 7) is -1.01. The van der Waals surface area contributed by atoms with Crippen molar-refractivity contribution >= 4 is 15.9 Å². The summed E-state index contributed by atoms with van der Waals surface area (Å²) in [5, 5.41) is 47.0. The molecular formula is C16H20N2O9S. The minimum absolute atomic E-state index is 0.0200. The Morgan fingerprint density at radius 2 is 1.82 bits per heavy atom. The molecule has 0 radical (unpaired) electrons. The number of nitrogens with zero attached hydrogens (tertiary/aromatic N) is 1. The van der Waals surface area contributed by atoms with Gasteiger partial charge in [0.1, 0.15) is 37.2 Å². The summed E-state index contributed by atoms with van der Waals surface area (Å²) < 4.78 is 31.5. The van der Waals surface area contributed by atoms with E-state index in [0.29, 0.717) is 10.1 Å². The van der Waals surface area contributed by atoms with Crippen LogP contribution < -0.4 is 10.2 Å². The van der Waals surface area contributed by atoms with E-state index in [9.17, 15) is 28.5 Å². The Morgan fingerprint density at radius 3 is 2.39 bits per heavy atom. The van der Waals surface area contributed by atoms with Gasteiger partial charge in [0.25, 0.3) is 5.91 Å². The fourth-order valence-electron chi connectivity index (χ4n) is 2.66. The number of amides is 1. The maximum atomic E-state index is 12.9. The van der Waals surface area contributed by atoms with Gasteiger partial charge in [0.2, 0.25) is 10.0 Å². The maximum absolute atomic E-state index is 12.9. The first-order valence-electron chi connectivity index (χ1n) is 8.03. The van der Waals surface area contributed by atoms with Gasteiger partial charge in [-0.1, -0.05) is 11.8 Å². The third kappa shape index (κ3) is 4.59. The summed E-state index contributed by atoms with van der Waals surface area (Å²) in [6, 6.07) is 3.18. The number of hydrogen-bond donors (Lipinski definition) is 6. The Kier molecular flexibility index (Phi) is 7.33. The molecule has 12 heteroatoms. The second-order valence-corrected chi connectivity index (χ2v) is 7.71. The molecule has 1 aromatic carbocycles. The van der Waals surface area contributed by atoms with Crippen LogP contribution in [-0.2, 0) is 14.8 Å². The molecule has 1 amide bonds. The lowest BCUT2D eigenvalue weighted by Crippen LogP contribution is -2.66. The predicted octanol–water partition coefficient (Wildman–Crippen LogP) is -2.98. The fourth-order valence-corrected chi connectivity index (χ4v) is 4.28. The van der Waals surface area contributed by atoms with Crippen LogP contribution in [0.2, 0.25) is 0 Å². The highest BCUT2D eigenvalue weighted by Crippen LogP contribution is 2.27. The molecule has 1 heterocycles. The van der Waals surface area contributed by atoms with Crippen molar-refractivity contribution in [2.75, 3.05) is 19.8 Å². The number of β-amino-alcohol motifs (C(OH)–C–C–N with tert-alkyl or cyclic N) is 1. The smallest absolute Gasteiger partial charge is 0.264 e. The van der Waals surface area contributed by atoms with Crippen LogP contribution in [0.5, 0.6) is 5.75 Å². The lowest BCUT2D eigenvalue weighted by Gasteiger charge is -2.41. The van der Waals surface area contributed by atoms with Crippen LogP contribution in [0.4, 0.5) is 0 Å². The van der Waals surface area contributed by atoms with Crippen molar-refractivity contribution in [3.8, 4) is 17.6 Å². The molecular weight excluding hydrogens is 396 g/mol. The van der Waals surface area contributed by atoms with E-state index in [1.165, 1.54) is 29.7 Å². The second-order valence-electron chi connectivity index (χ2n) is 5.82. The van der Waals surface area contributed by atoms with Crippen LogP contribution in [0, 0.1) is 11.8 Å². The Morgan fingerprint density at radius 1 is 1.18 bits per heavy atom. The minimum atomic E-state index is -4.39. The largest absolute Gasteiger partial charge is 0.481 e. The highest BCUT2D eigenvalue weighted by atomic mass is 32.2. The van der Waals surface area contributed by atoms with Gasteiger partial charge in [-0.15, -0.1) is 0 Å². The number of carbonyl (C=O) groups is 1.